The van der Waals surface area contributed by atoms with Gasteiger partial charge >= 0.3 is 5.97 Å². The second kappa shape index (κ2) is 7.88. The molecular weight excluding hydrogens is 340 g/mol. The fourth-order valence-corrected chi connectivity index (χ4v) is 2.20. The summed E-state index contributed by atoms with van der Waals surface area (Å²) >= 11 is 5.80. The zero-order valence-electron chi connectivity index (χ0n) is 12.7. The number of methoxy groups -OCH3 is 1. The van der Waals surface area contributed by atoms with Crippen LogP contribution in [0.4, 0.5) is 8.78 Å². The third-order valence-corrected chi connectivity index (χ3v) is 3.58. The summed E-state index contributed by atoms with van der Waals surface area (Å²) in [6, 6.07) is 8.49. The normalized spacial score (nSPS) is 11.7. The molecule has 0 aromatic heterocycles. The predicted octanol–water partition coefficient (Wildman–Crippen LogP) is 3.13. The van der Waals surface area contributed by atoms with Crippen molar-refractivity contribution in [2.24, 2.45) is 0 Å². The van der Waals surface area contributed by atoms with E-state index >= 15 is 0 Å². The van der Waals surface area contributed by atoms with Gasteiger partial charge in [-0.25, -0.2) is 13.6 Å². The van der Waals surface area contributed by atoms with Crippen LogP contribution >= 0.6 is 11.6 Å². The molecule has 0 saturated heterocycles. The fourth-order valence-electron chi connectivity index (χ4n) is 2.07. The van der Waals surface area contributed by atoms with E-state index in [0.717, 1.165) is 23.8 Å². The fraction of sp³-hybridized carbons (Fsp3) is 0.176. The molecule has 0 spiro atoms. The van der Waals surface area contributed by atoms with Crippen molar-refractivity contribution in [2.45, 2.75) is 12.5 Å². The third-order valence-electron chi connectivity index (χ3n) is 3.33. The summed E-state index contributed by atoms with van der Waals surface area (Å²) in [5.74, 6) is -3.56. The molecular formula is C17H14ClF2NO3. The molecule has 4 nitrogen and oxygen atoms in total. The molecule has 0 bridgehead atoms. The predicted molar refractivity (Wildman–Crippen MR) is 84.8 cm³/mol. The van der Waals surface area contributed by atoms with Crippen LogP contribution in [0.25, 0.3) is 0 Å². The van der Waals surface area contributed by atoms with Gasteiger partial charge in [-0.15, -0.1) is 0 Å². The highest BCUT2D eigenvalue weighted by Crippen LogP contribution is 2.13. The molecule has 0 saturated carbocycles. The van der Waals surface area contributed by atoms with Crippen LogP contribution in [-0.2, 0) is 16.0 Å². The lowest BCUT2D eigenvalue weighted by molar-refractivity contribution is -0.142. The Labute approximate surface area is 142 Å². The molecule has 126 valence electrons. The average Bonchev–Trinajstić information content (AvgIpc) is 2.57. The number of esters is 1. The van der Waals surface area contributed by atoms with Crippen LogP contribution in [0, 0.1) is 11.6 Å². The van der Waals surface area contributed by atoms with Crippen molar-refractivity contribution >= 4 is 23.5 Å². The number of amides is 1. The first-order chi connectivity index (χ1) is 11.4. The molecule has 0 heterocycles. The maximum Gasteiger partial charge on any atom is 0.328 e. The van der Waals surface area contributed by atoms with Crippen molar-refractivity contribution in [1.82, 2.24) is 5.32 Å². The van der Waals surface area contributed by atoms with E-state index in [1.165, 1.54) is 7.11 Å². The molecule has 2 aromatic carbocycles. The lowest BCUT2D eigenvalue weighted by atomic mass is 10.1. The summed E-state index contributed by atoms with van der Waals surface area (Å²) in [7, 11) is 1.20. The van der Waals surface area contributed by atoms with E-state index in [9.17, 15) is 18.4 Å². The van der Waals surface area contributed by atoms with E-state index < -0.39 is 29.6 Å². The van der Waals surface area contributed by atoms with Crippen molar-refractivity contribution in [3.8, 4) is 0 Å². The van der Waals surface area contributed by atoms with Crippen molar-refractivity contribution < 1.29 is 23.1 Å². The Morgan fingerprint density at radius 1 is 1.12 bits per heavy atom. The summed E-state index contributed by atoms with van der Waals surface area (Å²) in [6.07, 6.45) is 0.166. The van der Waals surface area contributed by atoms with Crippen LogP contribution in [-0.4, -0.2) is 25.0 Å². The molecule has 2 rings (SSSR count). The molecule has 0 fully saturated rings. The maximum atomic E-state index is 13.2. The topological polar surface area (TPSA) is 55.4 Å². The lowest BCUT2D eigenvalue weighted by Gasteiger charge is -2.17. The number of carbonyl (C=O) groups excluding carboxylic acids is 2. The summed E-state index contributed by atoms with van der Waals surface area (Å²) in [5.41, 5.74) is 0.652. The van der Waals surface area contributed by atoms with Gasteiger partial charge in [0.15, 0.2) is 11.6 Å². The van der Waals surface area contributed by atoms with E-state index in [-0.39, 0.29) is 12.0 Å². The Morgan fingerprint density at radius 3 is 2.38 bits per heavy atom. The van der Waals surface area contributed by atoms with Gasteiger partial charge in [0, 0.05) is 17.0 Å². The van der Waals surface area contributed by atoms with Gasteiger partial charge in [0.05, 0.1) is 7.11 Å². The summed E-state index contributed by atoms with van der Waals surface area (Å²) in [5, 5.41) is 3.00. The van der Waals surface area contributed by atoms with Crippen LogP contribution in [0.1, 0.15) is 15.9 Å². The van der Waals surface area contributed by atoms with Gasteiger partial charge in [0.2, 0.25) is 0 Å². The quantitative estimate of drug-likeness (QED) is 0.840. The first-order valence-electron chi connectivity index (χ1n) is 6.99. The third kappa shape index (κ3) is 4.52. The second-order valence-electron chi connectivity index (χ2n) is 5.01. The maximum absolute atomic E-state index is 13.2. The minimum absolute atomic E-state index is 0.0982. The van der Waals surface area contributed by atoms with Crippen LogP contribution in [0.2, 0.25) is 5.02 Å². The van der Waals surface area contributed by atoms with Crippen molar-refractivity contribution in [1.29, 1.82) is 0 Å². The number of nitrogens with one attached hydrogen (secondary N) is 1. The number of carbonyl (C=O) groups is 2. The molecule has 2 aromatic rings. The molecule has 0 aliphatic rings. The SMILES string of the molecule is COC(=O)[C@H](Cc1ccc(Cl)cc1)NC(=O)c1ccc(F)c(F)c1. The molecule has 0 radical (unpaired) electrons. The van der Waals surface area contributed by atoms with Crippen molar-refractivity contribution in [2.75, 3.05) is 7.11 Å². The Bertz CT molecular complexity index is 750. The van der Waals surface area contributed by atoms with Gasteiger partial charge in [-0.05, 0) is 35.9 Å². The molecule has 1 atom stereocenters. The summed E-state index contributed by atoms with van der Waals surface area (Å²) < 4.78 is 30.8. The molecule has 0 aliphatic heterocycles. The van der Waals surface area contributed by atoms with Gasteiger partial charge in [-0.3, -0.25) is 4.79 Å². The number of hydrogen-bond acceptors (Lipinski definition) is 3. The minimum Gasteiger partial charge on any atom is -0.467 e. The highest BCUT2D eigenvalue weighted by atomic mass is 35.5. The van der Waals surface area contributed by atoms with Crippen molar-refractivity contribution in [3.63, 3.8) is 0 Å². The van der Waals surface area contributed by atoms with E-state index in [4.69, 9.17) is 11.6 Å². The average molecular weight is 354 g/mol. The second-order valence-corrected chi connectivity index (χ2v) is 5.45. The Kier molecular flexibility index (Phi) is 5.87. The molecule has 24 heavy (non-hydrogen) atoms. The van der Waals surface area contributed by atoms with E-state index in [1.54, 1.807) is 24.3 Å². The van der Waals surface area contributed by atoms with Gasteiger partial charge < -0.3 is 10.1 Å². The van der Waals surface area contributed by atoms with Crippen LogP contribution < -0.4 is 5.32 Å². The number of rotatable bonds is 5. The van der Waals surface area contributed by atoms with Gasteiger partial charge in [-0.1, -0.05) is 23.7 Å². The van der Waals surface area contributed by atoms with E-state index in [2.05, 4.69) is 10.1 Å². The molecule has 7 heteroatoms. The van der Waals surface area contributed by atoms with E-state index in [0.29, 0.717) is 5.02 Å². The zero-order chi connectivity index (χ0) is 17.7. The summed E-state index contributed by atoms with van der Waals surface area (Å²) in [4.78, 5) is 24.0. The number of ether oxygens (including phenoxy) is 1. The number of halogens is 3. The minimum atomic E-state index is -1.14. The molecule has 1 N–H and O–H groups in total. The monoisotopic (exact) mass is 353 g/mol. The number of benzene rings is 2. The number of hydrogen-bond donors (Lipinski definition) is 1. The van der Waals surface area contributed by atoms with Crippen LogP contribution in [0.5, 0.6) is 0 Å². The van der Waals surface area contributed by atoms with Crippen molar-refractivity contribution in [3.05, 3.63) is 70.2 Å². The first kappa shape index (κ1) is 17.9. The van der Waals surface area contributed by atoms with Crippen LogP contribution in [0.3, 0.4) is 0 Å². The van der Waals surface area contributed by atoms with Gasteiger partial charge in [0.25, 0.3) is 5.91 Å². The lowest BCUT2D eigenvalue weighted by Crippen LogP contribution is -2.43. The Morgan fingerprint density at radius 2 is 1.79 bits per heavy atom. The molecule has 1 amide bonds. The largest absolute Gasteiger partial charge is 0.467 e. The molecule has 0 aliphatic carbocycles. The highest BCUT2D eigenvalue weighted by molar-refractivity contribution is 6.30. The highest BCUT2D eigenvalue weighted by Gasteiger charge is 2.23. The summed E-state index contributed by atoms with van der Waals surface area (Å²) in [6.45, 7) is 0. The Hall–Kier alpha value is -2.47. The first-order valence-corrected chi connectivity index (χ1v) is 7.36. The van der Waals surface area contributed by atoms with Gasteiger partial charge in [-0.2, -0.15) is 0 Å². The zero-order valence-corrected chi connectivity index (χ0v) is 13.4. The smallest absolute Gasteiger partial charge is 0.328 e. The Balaban J connectivity index is 2.15. The van der Waals surface area contributed by atoms with Crippen LogP contribution in [0.15, 0.2) is 42.5 Å². The van der Waals surface area contributed by atoms with Gasteiger partial charge in [0.1, 0.15) is 6.04 Å². The molecule has 0 unspecified atom stereocenters. The van der Waals surface area contributed by atoms with E-state index in [1.807, 2.05) is 0 Å². The standard InChI is InChI=1S/C17H14ClF2NO3/c1-24-17(23)15(8-10-2-5-12(18)6-3-10)21-16(22)11-4-7-13(19)14(20)9-11/h2-7,9,15H,8H2,1H3,(H,21,22)/t15-/m0/s1.